The van der Waals surface area contributed by atoms with Crippen molar-refractivity contribution in [1.82, 2.24) is 14.5 Å². The van der Waals surface area contributed by atoms with E-state index in [0.717, 1.165) is 29.2 Å². The Morgan fingerprint density at radius 1 is 1.58 bits per heavy atom. The number of aliphatic carboxylic acids is 1. The molecule has 0 radical (unpaired) electrons. The summed E-state index contributed by atoms with van der Waals surface area (Å²) in [5.74, 6) is -0.818. The zero-order valence-electron chi connectivity index (χ0n) is 11.0. The van der Waals surface area contributed by atoms with Crippen molar-refractivity contribution >= 4 is 28.9 Å². The molecule has 2 aromatic heterocycles. The van der Waals surface area contributed by atoms with E-state index in [2.05, 4.69) is 23.8 Å². The van der Waals surface area contributed by atoms with E-state index in [9.17, 15) is 4.79 Å². The predicted molar refractivity (Wildman–Crippen MR) is 75.5 cm³/mol. The van der Waals surface area contributed by atoms with Crippen LogP contribution in [-0.4, -0.2) is 31.4 Å². The molecule has 19 heavy (non-hydrogen) atoms. The lowest BCUT2D eigenvalue weighted by molar-refractivity contribution is -0.133. The predicted octanol–water partition coefficient (Wildman–Crippen LogP) is 2.97. The number of fused-ring (bicyclic) bond motifs is 1. The van der Waals surface area contributed by atoms with Gasteiger partial charge in [-0.3, -0.25) is 4.79 Å². The highest BCUT2D eigenvalue weighted by Crippen LogP contribution is 2.28. The summed E-state index contributed by atoms with van der Waals surface area (Å²) < 4.78 is 2.05. The normalized spacial score (nSPS) is 12.7. The lowest BCUT2D eigenvalue weighted by Gasteiger charge is -2.15. The molecule has 0 aliphatic rings. The van der Waals surface area contributed by atoms with Crippen LogP contribution in [0.15, 0.2) is 23.5 Å². The number of carboxylic acids is 1. The number of hydrogen-bond acceptors (Lipinski definition) is 4. The van der Waals surface area contributed by atoms with Gasteiger partial charge in [-0.05, 0) is 25.5 Å². The van der Waals surface area contributed by atoms with E-state index in [0.29, 0.717) is 0 Å². The van der Waals surface area contributed by atoms with Gasteiger partial charge in [-0.1, -0.05) is 25.1 Å². The molecule has 6 heteroatoms. The van der Waals surface area contributed by atoms with Crippen LogP contribution < -0.4 is 0 Å². The van der Waals surface area contributed by atoms with Gasteiger partial charge >= 0.3 is 5.97 Å². The number of nitrogens with zero attached hydrogens (tertiary/aromatic N) is 3. The lowest BCUT2D eigenvalue weighted by Crippen LogP contribution is -2.08. The Hall–Kier alpha value is -1.56. The Bertz CT molecular complexity index is 582. The van der Waals surface area contributed by atoms with Crippen LogP contribution in [0.5, 0.6) is 0 Å². The second kappa shape index (κ2) is 6.06. The largest absolute Gasteiger partial charge is 0.481 e. The fourth-order valence-corrected chi connectivity index (χ4v) is 2.90. The van der Waals surface area contributed by atoms with Crippen LogP contribution in [0.2, 0.25) is 0 Å². The molecular formula is C13H17N3O2S. The average Bonchev–Trinajstić information content (AvgIpc) is 2.74. The summed E-state index contributed by atoms with van der Waals surface area (Å²) in [6.07, 6.45) is 3.82. The van der Waals surface area contributed by atoms with Gasteiger partial charge in [0.05, 0.1) is 5.75 Å². The van der Waals surface area contributed by atoms with Gasteiger partial charge in [-0.25, -0.2) is 9.97 Å². The molecule has 1 atom stereocenters. The van der Waals surface area contributed by atoms with E-state index in [1.807, 2.05) is 16.7 Å². The third kappa shape index (κ3) is 3.07. The zero-order chi connectivity index (χ0) is 13.8. The van der Waals surface area contributed by atoms with E-state index in [1.165, 1.54) is 11.8 Å². The summed E-state index contributed by atoms with van der Waals surface area (Å²) in [7, 11) is 0. The standard InChI is InChI=1S/C13H17N3O2S/c1-3-5-9(2)16-12-10(6-4-7-14-12)15-13(16)19-8-11(17)18/h4,6-7,9H,3,5,8H2,1-2H3,(H,17,18). The van der Waals surface area contributed by atoms with E-state index >= 15 is 0 Å². The van der Waals surface area contributed by atoms with Gasteiger partial charge in [0.15, 0.2) is 10.8 Å². The van der Waals surface area contributed by atoms with Crippen LogP contribution in [0.3, 0.4) is 0 Å². The fraction of sp³-hybridized carbons (Fsp3) is 0.462. The minimum atomic E-state index is -0.834. The maximum atomic E-state index is 10.7. The van der Waals surface area contributed by atoms with Gasteiger partial charge in [-0.2, -0.15) is 0 Å². The van der Waals surface area contributed by atoms with E-state index in [1.54, 1.807) is 6.20 Å². The molecule has 102 valence electrons. The number of imidazole rings is 1. The van der Waals surface area contributed by atoms with Crippen LogP contribution in [0.4, 0.5) is 0 Å². The van der Waals surface area contributed by atoms with Gasteiger partial charge in [0, 0.05) is 12.2 Å². The van der Waals surface area contributed by atoms with Crippen molar-refractivity contribution in [3.05, 3.63) is 18.3 Å². The Balaban J connectivity index is 2.42. The zero-order valence-corrected chi connectivity index (χ0v) is 11.9. The molecular weight excluding hydrogens is 262 g/mol. The van der Waals surface area contributed by atoms with Gasteiger partial charge in [0.25, 0.3) is 0 Å². The van der Waals surface area contributed by atoms with Gasteiger partial charge in [0.2, 0.25) is 0 Å². The summed E-state index contributed by atoms with van der Waals surface area (Å²) >= 11 is 1.25. The van der Waals surface area contributed by atoms with Crippen LogP contribution in [0.1, 0.15) is 32.7 Å². The molecule has 0 bridgehead atoms. The molecule has 1 N–H and O–H groups in total. The number of carboxylic acid groups (broad SMARTS) is 1. The molecule has 5 nitrogen and oxygen atoms in total. The maximum absolute atomic E-state index is 10.7. The first kappa shape index (κ1) is 13.9. The molecule has 0 aliphatic carbocycles. The molecule has 0 fully saturated rings. The van der Waals surface area contributed by atoms with Crippen LogP contribution in [-0.2, 0) is 4.79 Å². The van der Waals surface area contributed by atoms with Crippen molar-refractivity contribution in [2.45, 2.75) is 37.9 Å². The SMILES string of the molecule is CCCC(C)n1c(SCC(=O)O)nc2cccnc21. The quantitative estimate of drug-likeness (QED) is 0.823. The molecule has 2 rings (SSSR count). The molecule has 2 aromatic rings. The molecule has 0 spiro atoms. The highest BCUT2D eigenvalue weighted by Gasteiger charge is 2.17. The minimum Gasteiger partial charge on any atom is -0.481 e. The minimum absolute atomic E-state index is 0.0160. The Morgan fingerprint density at radius 2 is 2.37 bits per heavy atom. The second-order valence-corrected chi connectivity index (χ2v) is 5.37. The molecule has 2 heterocycles. The molecule has 1 unspecified atom stereocenters. The van der Waals surface area contributed by atoms with Crippen molar-refractivity contribution < 1.29 is 9.90 Å². The summed E-state index contributed by atoms with van der Waals surface area (Å²) in [5.41, 5.74) is 1.65. The Labute approximate surface area is 116 Å². The van der Waals surface area contributed by atoms with Crippen molar-refractivity contribution in [3.63, 3.8) is 0 Å². The monoisotopic (exact) mass is 279 g/mol. The fourth-order valence-electron chi connectivity index (χ4n) is 2.08. The summed E-state index contributed by atoms with van der Waals surface area (Å²) in [5, 5.41) is 9.54. The van der Waals surface area contributed by atoms with Gasteiger partial charge in [0.1, 0.15) is 5.52 Å². The van der Waals surface area contributed by atoms with E-state index in [4.69, 9.17) is 5.11 Å². The molecule has 0 saturated heterocycles. The van der Waals surface area contributed by atoms with E-state index in [-0.39, 0.29) is 11.8 Å². The van der Waals surface area contributed by atoms with Crippen molar-refractivity contribution in [2.24, 2.45) is 0 Å². The number of carbonyl (C=O) groups is 1. The van der Waals surface area contributed by atoms with Crippen molar-refractivity contribution in [3.8, 4) is 0 Å². The smallest absolute Gasteiger partial charge is 0.313 e. The average molecular weight is 279 g/mol. The first-order chi connectivity index (χ1) is 9.13. The summed E-state index contributed by atoms with van der Waals surface area (Å²) in [4.78, 5) is 19.6. The third-order valence-electron chi connectivity index (χ3n) is 2.89. The number of aromatic nitrogens is 3. The first-order valence-corrected chi connectivity index (χ1v) is 7.29. The number of hydrogen-bond donors (Lipinski definition) is 1. The number of pyridine rings is 1. The Kier molecular flexibility index (Phi) is 4.42. The van der Waals surface area contributed by atoms with Gasteiger partial charge < -0.3 is 9.67 Å². The topological polar surface area (TPSA) is 68.0 Å². The first-order valence-electron chi connectivity index (χ1n) is 6.31. The maximum Gasteiger partial charge on any atom is 0.313 e. The number of rotatable bonds is 6. The van der Waals surface area contributed by atoms with Crippen LogP contribution in [0.25, 0.3) is 11.2 Å². The molecule has 0 saturated carbocycles. The van der Waals surface area contributed by atoms with Crippen LogP contribution in [0, 0.1) is 0 Å². The van der Waals surface area contributed by atoms with E-state index < -0.39 is 5.97 Å². The van der Waals surface area contributed by atoms with Crippen molar-refractivity contribution in [1.29, 1.82) is 0 Å². The number of thioether (sulfide) groups is 1. The van der Waals surface area contributed by atoms with Gasteiger partial charge in [-0.15, -0.1) is 0 Å². The highest BCUT2D eigenvalue weighted by atomic mass is 32.2. The van der Waals surface area contributed by atoms with Crippen LogP contribution >= 0.6 is 11.8 Å². The third-order valence-corrected chi connectivity index (χ3v) is 3.83. The Morgan fingerprint density at radius 3 is 3.05 bits per heavy atom. The molecule has 0 amide bonds. The molecule has 0 aromatic carbocycles. The summed E-state index contributed by atoms with van der Waals surface area (Å²) in [6.45, 7) is 4.25. The second-order valence-electron chi connectivity index (χ2n) is 4.43. The highest BCUT2D eigenvalue weighted by molar-refractivity contribution is 7.99. The lowest BCUT2D eigenvalue weighted by atomic mass is 10.2. The summed E-state index contributed by atoms with van der Waals surface area (Å²) in [6, 6.07) is 4.01. The molecule has 0 aliphatic heterocycles. The van der Waals surface area contributed by atoms with Crippen molar-refractivity contribution in [2.75, 3.05) is 5.75 Å².